The van der Waals surface area contributed by atoms with Gasteiger partial charge >= 0.3 is 0 Å². The fourth-order valence-corrected chi connectivity index (χ4v) is 1.74. The molecule has 0 fully saturated rings. The molecule has 0 aliphatic heterocycles. The maximum Gasteiger partial charge on any atom is 0.157 e. The first-order chi connectivity index (χ1) is 8.56. The predicted molar refractivity (Wildman–Crippen MR) is 68.5 cm³/mol. The van der Waals surface area contributed by atoms with Crippen molar-refractivity contribution in [3.05, 3.63) is 47.4 Å². The van der Waals surface area contributed by atoms with Gasteiger partial charge in [-0.15, -0.1) is 0 Å². The Bertz CT molecular complexity index is 534. The summed E-state index contributed by atoms with van der Waals surface area (Å²) in [4.78, 5) is 0. The van der Waals surface area contributed by atoms with Gasteiger partial charge in [-0.3, -0.25) is 0 Å². The maximum atomic E-state index is 9.39. The molecule has 0 aliphatic rings. The van der Waals surface area contributed by atoms with E-state index in [2.05, 4.69) is 5.32 Å². The summed E-state index contributed by atoms with van der Waals surface area (Å²) in [5.74, 6) is 1.57. The van der Waals surface area contributed by atoms with Crippen molar-refractivity contribution in [3.8, 4) is 11.5 Å². The van der Waals surface area contributed by atoms with Gasteiger partial charge < -0.3 is 19.9 Å². The van der Waals surface area contributed by atoms with Crippen LogP contribution in [0.5, 0.6) is 11.5 Å². The molecule has 3 N–H and O–H groups in total. The number of hydrogen-bond donors (Lipinski definition) is 3. The van der Waals surface area contributed by atoms with Crippen LogP contribution in [0.4, 0.5) is 0 Å². The third-order valence-electron chi connectivity index (χ3n) is 2.84. The van der Waals surface area contributed by atoms with Gasteiger partial charge in [-0.1, -0.05) is 6.07 Å². The molecular weight excluding hydrogens is 230 g/mol. The highest BCUT2D eigenvalue weighted by molar-refractivity contribution is 5.40. The van der Waals surface area contributed by atoms with Crippen LogP contribution >= 0.6 is 0 Å². The quantitative estimate of drug-likeness (QED) is 0.727. The van der Waals surface area contributed by atoms with Crippen LogP contribution in [-0.4, -0.2) is 10.2 Å². The molecule has 2 rings (SSSR count). The van der Waals surface area contributed by atoms with Gasteiger partial charge in [-0.25, -0.2) is 0 Å². The highest BCUT2D eigenvalue weighted by Gasteiger charge is 2.09. The number of aromatic hydroxyl groups is 2. The zero-order valence-corrected chi connectivity index (χ0v) is 10.5. The number of phenols is 2. The molecule has 0 saturated heterocycles. The molecule has 0 amide bonds. The number of furan rings is 1. The molecular formula is C14H17NO3. The van der Waals surface area contributed by atoms with Crippen LogP contribution in [0.3, 0.4) is 0 Å². The third kappa shape index (κ3) is 2.84. The highest BCUT2D eigenvalue weighted by Crippen LogP contribution is 2.25. The van der Waals surface area contributed by atoms with E-state index in [1.807, 2.05) is 26.0 Å². The van der Waals surface area contributed by atoms with E-state index in [0.29, 0.717) is 6.54 Å². The molecule has 1 aromatic carbocycles. The smallest absolute Gasteiger partial charge is 0.157 e. The van der Waals surface area contributed by atoms with E-state index in [0.717, 1.165) is 17.1 Å². The van der Waals surface area contributed by atoms with Crippen molar-refractivity contribution < 1.29 is 14.6 Å². The Hall–Kier alpha value is -1.94. The summed E-state index contributed by atoms with van der Waals surface area (Å²) >= 11 is 0. The topological polar surface area (TPSA) is 65.6 Å². The van der Waals surface area contributed by atoms with E-state index in [1.165, 1.54) is 6.07 Å². The fourth-order valence-electron chi connectivity index (χ4n) is 1.74. The zero-order chi connectivity index (χ0) is 13.1. The first kappa shape index (κ1) is 12.5. The lowest BCUT2D eigenvalue weighted by atomic mass is 10.2. The van der Waals surface area contributed by atoms with E-state index < -0.39 is 0 Å². The van der Waals surface area contributed by atoms with Crippen molar-refractivity contribution in [1.29, 1.82) is 0 Å². The lowest BCUT2D eigenvalue weighted by molar-refractivity contribution is 0.400. The van der Waals surface area contributed by atoms with Crippen LogP contribution in [0, 0.1) is 6.92 Å². The van der Waals surface area contributed by atoms with E-state index in [1.54, 1.807) is 12.1 Å². The Kier molecular flexibility index (Phi) is 3.58. The van der Waals surface area contributed by atoms with Crippen LogP contribution in [0.1, 0.15) is 30.0 Å². The van der Waals surface area contributed by atoms with Crippen molar-refractivity contribution in [1.82, 2.24) is 5.32 Å². The van der Waals surface area contributed by atoms with Crippen LogP contribution in [-0.2, 0) is 6.54 Å². The van der Waals surface area contributed by atoms with Gasteiger partial charge in [0, 0.05) is 6.54 Å². The Balaban J connectivity index is 1.97. The third-order valence-corrected chi connectivity index (χ3v) is 2.84. The van der Waals surface area contributed by atoms with E-state index in [4.69, 9.17) is 4.42 Å². The summed E-state index contributed by atoms with van der Waals surface area (Å²) in [5.41, 5.74) is 0.903. The van der Waals surface area contributed by atoms with Gasteiger partial charge in [0.2, 0.25) is 0 Å². The first-order valence-electron chi connectivity index (χ1n) is 5.87. The van der Waals surface area contributed by atoms with Crippen LogP contribution in [0.15, 0.2) is 34.7 Å². The fraction of sp³-hybridized carbons (Fsp3) is 0.286. The highest BCUT2D eigenvalue weighted by atomic mass is 16.3. The second-order valence-corrected chi connectivity index (χ2v) is 4.37. The Labute approximate surface area is 106 Å². The van der Waals surface area contributed by atoms with Gasteiger partial charge in [-0.2, -0.15) is 0 Å². The summed E-state index contributed by atoms with van der Waals surface area (Å²) in [5, 5.41) is 21.9. The Morgan fingerprint density at radius 3 is 2.56 bits per heavy atom. The number of benzene rings is 1. The molecule has 0 saturated carbocycles. The minimum atomic E-state index is -0.103. The minimum Gasteiger partial charge on any atom is -0.504 e. The summed E-state index contributed by atoms with van der Waals surface area (Å²) in [6, 6.07) is 8.76. The predicted octanol–water partition coefficient (Wildman–Crippen LogP) is 2.85. The Morgan fingerprint density at radius 1 is 1.17 bits per heavy atom. The average molecular weight is 247 g/mol. The standard InChI is InChI=1S/C14H17NO3/c1-9-3-6-14(18-9)10(2)15-8-11-4-5-12(16)13(17)7-11/h3-7,10,15-17H,8H2,1-2H3. The lowest BCUT2D eigenvalue weighted by Crippen LogP contribution is -2.17. The molecule has 4 heteroatoms. The van der Waals surface area contributed by atoms with Crippen molar-refractivity contribution in [2.75, 3.05) is 0 Å². The second-order valence-electron chi connectivity index (χ2n) is 4.37. The second kappa shape index (κ2) is 5.14. The minimum absolute atomic E-state index is 0.0923. The molecule has 1 atom stereocenters. The molecule has 4 nitrogen and oxygen atoms in total. The molecule has 0 aliphatic carbocycles. The zero-order valence-electron chi connectivity index (χ0n) is 10.5. The van der Waals surface area contributed by atoms with Crippen molar-refractivity contribution >= 4 is 0 Å². The lowest BCUT2D eigenvalue weighted by Gasteiger charge is -2.11. The van der Waals surface area contributed by atoms with Crippen molar-refractivity contribution in [2.45, 2.75) is 26.4 Å². The van der Waals surface area contributed by atoms with Crippen LogP contribution in [0.25, 0.3) is 0 Å². The molecule has 0 spiro atoms. The molecule has 0 bridgehead atoms. The number of nitrogens with one attached hydrogen (secondary N) is 1. The summed E-state index contributed by atoms with van der Waals surface area (Å²) in [7, 11) is 0. The van der Waals surface area contributed by atoms with Gasteiger partial charge in [0.15, 0.2) is 11.5 Å². The molecule has 2 aromatic rings. The summed E-state index contributed by atoms with van der Waals surface area (Å²) in [6.07, 6.45) is 0. The van der Waals surface area contributed by atoms with Gasteiger partial charge in [0.05, 0.1) is 6.04 Å². The van der Waals surface area contributed by atoms with Gasteiger partial charge in [0.25, 0.3) is 0 Å². The van der Waals surface area contributed by atoms with Crippen molar-refractivity contribution in [3.63, 3.8) is 0 Å². The molecule has 1 aromatic heterocycles. The summed E-state index contributed by atoms with van der Waals surface area (Å²) in [6.45, 7) is 4.52. The maximum absolute atomic E-state index is 9.39. The summed E-state index contributed by atoms with van der Waals surface area (Å²) < 4.78 is 5.52. The van der Waals surface area contributed by atoms with E-state index in [9.17, 15) is 10.2 Å². The molecule has 96 valence electrons. The van der Waals surface area contributed by atoms with Gasteiger partial charge in [-0.05, 0) is 43.7 Å². The number of hydrogen-bond acceptors (Lipinski definition) is 4. The average Bonchev–Trinajstić information content (AvgIpc) is 2.77. The molecule has 1 heterocycles. The monoisotopic (exact) mass is 247 g/mol. The SMILES string of the molecule is Cc1ccc(C(C)NCc2ccc(O)c(O)c2)o1. The van der Waals surface area contributed by atoms with Crippen LogP contribution < -0.4 is 5.32 Å². The van der Waals surface area contributed by atoms with Gasteiger partial charge in [0.1, 0.15) is 11.5 Å². The number of rotatable bonds is 4. The number of phenolic OH excluding ortho intramolecular Hbond substituents is 2. The Morgan fingerprint density at radius 2 is 1.94 bits per heavy atom. The van der Waals surface area contributed by atoms with E-state index >= 15 is 0 Å². The molecule has 0 radical (unpaired) electrons. The first-order valence-corrected chi connectivity index (χ1v) is 5.87. The normalized spacial score (nSPS) is 12.6. The molecule has 18 heavy (non-hydrogen) atoms. The largest absolute Gasteiger partial charge is 0.504 e. The van der Waals surface area contributed by atoms with Crippen molar-refractivity contribution in [2.24, 2.45) is 0 Å². The van der Waals surface area contributed by atoms with Crippen LogP contribution in [0.2, 0.25) is 0 Å². The number of aryl methyl sites for hydroxylation is 1. The van der Waals surface area contributed by atoms with E-state index in [-0.39, 0.29) is 17.5 Å². The molecule has 1 unspecified atom stereocenters.